The van der Waals surface area contributed by atoms with Crippen molar-refractivity contribution in [2.75, 3.05) is 12.4 Å². The summed E-state index contributed by atoms with van der Waals surface area (Å²) in [6.45, 7) is 2.44. The molecule has 0 saturated carbocycles. The van der Waals surface area contributed by atoms with Gasteiger partial charge in [0.15, 0.2) is 0 Å². The molecule has 2 unspecified atom stereocenters. The molecule has 6 heteroatoms. The molecule has 2 aromatic rings. The van der Waals surface area contributed by atoms with Gasteiger partial charge in [0.05, 0.1) is 12.8 Å². The van der Waals surface area contributed by atoms with Crippen LogP contribution in [0.15, 0.2) is 42.6 Å². The highest BCUT2D eigenvalue weighted by atomic mass is 16.5. The lowest BCUT2D eigenvalue weighted by atomic mass is 9.80. The number of fused-ring (bicyclic) bond motifs is 2. The maximum Gasteiger partial charge on any atom is 0.322 e. The SMILES string of the molecule is COC=O.Cc1ccc(NC(=O)N2C3CCCC2C3)cc1-c1ccccn1.[HH]. The van der Waals surface area contributed by atoms with Gasteiger partial charge in [-0.3, -0.25) is 9.78 Å². The first kappa shape index (κ1) is 18.9. The maximum atomic E-state index is 12.5. The molecule has 2 fully saturated rings. The molecule has 4 rings (SSSR count). The van der Waals surface area contributed by atoms with E-state index in [2.05, 4.69) is 22.0 Å². The van der Waals surface area contributed by atoms with Crippen LogP contribution in [0.5, 0.6) is 0 Å². The predicted molar refractivity (Wildman–Crippen MR) is 106 cm³/mol. The van der Waals surface area contributed by atoms with E-state index in [9.17, 15) is 4.79 Å². The Balaban J connectivity index is 0.000000515. The second-order valence-corrected chi connectivity index (χ2v) is 6.89. The Kier molecular flexibility index (Phi) is 6.06. The number of carbonyl (C=O) groups is 2. The van der Waals surface area contributed by atoms with Gasteiger partial charge in [-0.25, -0.2) is 4.79 Å². The van der Waals surface area contributed by atoms with Crippen LogP contribution in [-0.4, -0.2) is 41.6 Å². The zero-order valence-electron chi connectivity index (χ0n) is 15.7. The van der Waals surface area contributed by atoms with Gasteiger partial charge in [-0.05, 0) is 62.4 Å². The average Bonchev–Trinajstić information content (AvgIpc) is 2.70. The Bertz CT molecular complexity index is 787. The molecule has 3 heterocycles. The zero-order chi connectivity index (χ0) is 19.2. The monoisotopic (exact) mass is 369 g/mol. The first-order valence-electron chi connectivity index (χ1n) is 9.22. The number of carbonyl (C=O) groups excluding carboxylic acids is 2. The molecule has 2 saturated heterocycles. The van der Waals surface area contributed by atoms with Crippen LogP contribution in [0.4, 0.5) is 10.5 Å². The van der Waals surface area contributed by atoms with Gasteiger partial charge >= 0.3 is 6.03 Å². The molecule has 144 valence electrons. The minimum atomic E-state index is 0. The van der Waals surface area contributed by atoms with Crippen molar-refractivity contribution < 1.29 is 15.8 Å². The van der Waals surface area contributed by atoms with E-state index in [1.54, 1.807) is 6.20 Å². The highest BCUT2D eigenvalue weighted by Gasteiger charge is 2.44. The Morgan fingerprint density at radius 3 is 2.63 bits per heavy atom. The summed E-state index contributed by atoms with van der Waals surface area (Å²) in [7, 11) is 1.31. The fourth-order valence-corrected chi connectivity index (χ4v) is 3.82. The number of urea groups is 1. The number of amides is 2. The zero-order valence-corrected chi connectivity index (χ0v) is 15.7. The summed E-state index contributed by atoms with van der Waals surface area (Å²) in [4.78, 5) is 27.9. The molecule has 2 bridgehead atoms. The molecular weight excluding hydrogens is 342 g/mol. The van der Waals surface area contributed by atoms with Crippen molar-refractivity contribution in [2.24, 2.45) is 0 Å². The standard InChI is InChI=1S/C19H21N3O.C2H4O2.H2/c1-13-8-9-14(11-17(13)18-7-2-3-10-20-18)21-19(23)22-15-5-4-6-16(22)12-15;1-4-2-3;/h2-3,7-11,15-16H,4-6,12H2,1H3,(H,21,23);2H,1H3;1H. The summed E-state index contributed by atoms with van der Waals surface area (Å²) in [6.07, 6.45) is 6.53. The van der Waals surface area contributed by atoms with Gasteiger partial charge < -0.3 is 15.0 Å². The number of aromatic nitrogens is 1. The topological polar surface area (TPSA) is 71.5 Å². The minimum absolute atomic E-state index is 0. The van der Waals surface area contributed by atoms with Crippen LogP contribution >= 0.6 is 0 Å². The Morgan fingerprint density at radius 2 is 2.04 bits per heavy atom. The lowest BCUT2D eigenvalue weighted by Gasteiger charge is -2.52. The molecule has 0 spiro atoms. The fourth-order valence-electron chi connectivity index (χ4n) is 3.82. The number of piperidine rings is 1. The van der Waals surface area contributed by atoms with Crippen molar-refractivity contribution >= 4 is 18.2 Å². The molecule has 2 amide bonds. The lowest BCUT2D eigenvalue weighted by molar-refractivity contribution is -0.126. The summed E-state index contributed by atoms with van der Waals surface area (Å²) < 4.78 is 3.86. The van der Waals surface area contributed by atoms with Crippen LogP contribution in [0.2, 0.25) is 0 Å². The minimum Gasteiger partial charge on any atom is -0.471 e. The van der Waals surface area contributed by atoms with Crippen molar-refractivity contribution in [2.45, 2.75) is 44.7 Å². The van der Waals surface area contributed by atoms with E-state index in [0.717, 1.165) is 35.3 Å². The Hall–Kier alpha value is -2.89. The first-order chi connectivity index (χ1) is 13.1. The number of methoxy groups -OCH3 is 1. The molecule has 2 aliphatic heterocycles. The third kappa shape index (κ3) is 4.27. The third-order valence-corrected chi connectivity index (χ3v) is 5.17. The van der Waals surface area contributed by atoms with Crippen LogP contribution in [-0.2, 0) is 9.53 Å². The first-order valence-corrected chi connectivity index (χ1v) is 9.22. The van der Waals surface area contributed by atoms with Crippen molar-refractivity contribution in [3.63, 3.8) is 0 Å². The van der Waals surface area contributed by atoms with Gasteiger partial charge in [0.2, 0.25) is 0 Å². The van der Waals surface area contributed by atoms with Gasteiger partial charge in [-0.2, -0.15) is 0 Å². The number of rotatable bonds is 3. The van der Waals surface area contributed by atoms with Crippen LogP contribution < -0.4 is 5.32 Å². The van der Waals surface area contributed by atoms with E-state index in [0.29, 0.717) is 18.6 Å². The highest BCUT2D eigenvalue weighted by molar-refractivity contribution is 5.91. The third-order valence-electron chi connectivity index (χ3n) is 5.17. The highest BCUT2D eigenvalue weighted by Crippen LogP contribution is 2.38. The summed E-state index contributed by atoms with van der Waals surface area (Å²) >= 11 is 0. The fraction of sp³-hybridized carbons (Fsp3) is 0.381. The number of benzene rings is 1. The van der Waals surface area contributed by atoms with Crippen molar-refractivity contribution in [1.82, 2.24) is 9.88 Å². The van der Waals surface area contributed by atoms with E-state index in [4.69, 9.17) is 4.79 Å². The van der Waals surface area contributed by atoms with Gasteiger partial charge in [-0.15, -0.1) is 0 Å². The quantitative estimate of drug-likeness (QED) is 0.821. The summed E-state index contributed by atoms with van der Waals surface area (Å²) in [6, 6.07) is 12.9. The Labute approximate surface area is 161 Å². The van der Waals surface area contributed by atoms with Crippen LogP contribution in [0.3, 0.4) is 0 Å². The van der Waals surface area contributed by atoms with E-state index in [-0.39, 0.29) is 7.46 Å². The second kappa shape index (κ2) is 8.66. The lowest BCUT2D eigenvalue weighted by Crippen LogP contribution is -2.62. The van der Waals surface area contributed by atoms with Crippen molar-refractivity contribution in [1.29, 1.82) is 0 Å². The predicted octanol–water partition coefficient (Wildman–Crippen LogP) is 4.25. The largest absolute Gasteiger partial charge is 0.471 e. The van der Waals surface area contributed by atoms with Crippen LogP contribution in [0.1, 0.15) is 32.7 Å². The van der Waals surface area contributed by atoms with E-state index >= 15 is 0 Å². The van der Waals surface area contributed by atoms with Crippen molar-refractivity contribution in [3.8, 4) is 11.3 Å². The van der Waals surface area contributed by atoms with E-state index < -0.39 is 0 Å². The molecule has 6 nitrogen and oxygen atoms in total. The number of hydrogen-bond acceptors (Lipinski definition) is 4. The normalized spacial score (nSPS) is 19.9. The molecular formula is C21H27N3O3. The summed E-state index contributed by atoms with van der Waals surface area (Å²) in [5.74, 6) is 0. The van der Waals surface area contributed by atoms with Gasteiger partial charge in [-0.1, -0.05) is 12.1 Å². The van der Waals surface area contributed by atoms with Gasteiger partial charge in [0.25, 0.3) is 6.47 Å². The van der Waals surface area contributed by atoms with Gasteiger partial charge in [0.1, 0.15) is 0 Å². The molecule has 0 aliphatic carbocycles. The maximum absolute atomic E-state index is 12.5. The molecule has 1 aromatic carbocycles. The number of hydrogen-bond donors (Lipinski definition) is 1. The average molecular weight is 369 g/mol. The van der Waals surface area contributed by atoms with Crippen LogP contribution in [0.25, 0.3) is 11.3 Å². The molecule has 0 radical (unpaired) electrons. The van der Waals surface area contributed by atoms with E-state index in [1.807, 2.05) is 41.3 Å². The smallest absolute Gasteiger partial charge is 0.322 e. The van der Waals surface area contributed by atoms with E-state index in [1.165, 1.54) is 20.0 Å². The second-order valence-electron chi connectivity index (χ2n) is 6.89. The number of nitrogens with one attached hydrogen (secondary N) is 1. The van der Waals surface area contributed by atoms with Gasteiger partial charge in [0, 0.05) is 31.0 Å². The molecule has 2 aliphatic rings. The summed E-state index contributed by atoms with van der Waals surface area (Å²) in [5, 5.41) is 3.07. The molecule has 1 aromatic heterocycles. The van der Waals surface area contributed by atoms with Crippen molar-refractivity contribution in [3.05, 3.63) is 48.2 Å². The number of nitrogens with zero attached hydrogens (tertiary/aromatic N) is 2. The number of ether oxygens (including phenoxy) is 1. The molecule has 1 N–H and O–H groups in total. The summed E-state index contributed by atoms with van der Waals surface area (Å²) in [5.41, 5.74) is 3.99. The van der Waals surface area contributed by atoms with Crippen LogP contribution in [0, 0.1) is 6.92 Å². The number of anilines is 1. The number of pyridine rings is 1. The molecule has 2 atom stereocenters. The number of aryl methyl sites for hydroxylation is 1. The Morgan fingerprint density at radius 1 is 1.30 bits per heavy atom. The molecule has 27 heavy (non-hydrogen) atoms.